The van der Waals surface area contributed by atoms with Gasteiger partial charge in [0.2, 0.25) is 5.95 Å². The van der Waals surface area contributed by atoms with Crippen LogP contribution in [0.25, 0.3) is 0 Å². The average molecular weight is 367 g/mol. The van der Waals surface area contributed by atoms with Crippen LogP contribution in [0.4, 0.5) is 11.6 Å². The van der Waals surface area contributed by atoms with E-state index in [-0.39, 0.29) is 5.91 Å². The highest BCUT2D eigenvalue weighted by Crippen LogP contribution is 2.27. The Bertz CT molecular complexity index is 703. The lowest BCUT2D eigenvalue weighted by Gasteiger charge is -2.21. The lowest BCUT2D eigenvalue weighted by molar-refractivity contribution is 0.0749. The molecule has 2 aromatic rings. The van der Waals surface area contributed by atoms with Gasteiger partial charge in [0.15, 0.2) is 0 Å². The fourth-order valence-electron chi connectivity index (χ4n) is 2.27. The summed E-state index contributed by atoms with van der Waals surface area (Å²) >= 11 is 12.1. The van der Waals surface area contributed by atoms with E-state index in [9.17, 15) is 4.79 Å². The van der Waals surface area contributed by atoms with Gasteiger partial charge in [0.25, 0.3) is 5.91 Å². The lowest BCUT2D eigenvalue weighted by atomic mass is 10.3. The monoisotopic (exact) mass is 366 g/mol. The van der Waals surface area contributed by atoms with E-state index in [1.165, 1.54) is 0 Å². The van der Waals surface area contributed by atoms with Crippen molar-refractivity contribution in [1.82, 2.24) is 14.9 Å². The molecule has 0 aliphatic heterocycles. The van der Waals surface area contributed by atoms with Crippen molar-refractivity contribution in [2.24, 2.45) is 0 Å². The summed E-state index contributed by atoms with van der Waals surface area (Å²) in [4.78, 5) is 22.9. The standard InChI is InChI=1S/C17H20Cl2N4O/c1-3-9-23(10-4-2)16(24)14-7-8-20-17(21-14)22-15-11-12(18)5-6-13(15)19/h5-8,11H,3-4,9-10H2,1-2H3,(H,20,21,22). The summed E-state index contributed by atoms with van der Waals surface area (Å²) in [7, 11) is 0. The van der Waals surface area contributed by atoms with Crippen molar-refractivity contribution >= 4 is 40.7 Å². The van der Waals surface area contributed by atoms with Crippen molar-refractivity contribution in [2.45, 2.75) is 26.7 Å². The molecule has 0 aliphatic rings. The Hall–Kier alpha value is -1.85. The number of amides is 1. The highest BCUT2D eigenvalue weighted by Gasteiger charge is 2.16. The second-order valence-corrected chi connectivity index (χ2v) is 6.15. The molecule has 1 N–H and O–H groups in total. The van der Waals surface area contributed by atoms with Crippen LogP contribution < -0.4 is 5.32 Å². The van der Waals surface area contributed by atoms with Gasteiger partial charge in [0, 0.05) is 24.3 Å². The number of carbonyl (C=O) groups is 1. The Morgan fingerprint density at radius 1 is 1.17 bits per heavy atom. The van der Waals surface area contributed by atoms with Crippen molar-refractivity contribution in [3.05, 3.63) is 46.2 Å². The number of anilines is 2. The third-order valence-electron chi connectivity index (χ3n) is 3.32. The molecule has 0 unspecified atom stereocenters. The maximum Gasteiger partial charge on any atom is 0.272 e. The zero-order valence-corrected chi connectivity index (χ0v) is 15.2. The summed E-state index contributed by atoms with van der Waals surface area (Å²) in [5.41, 5.74) is 0.945. The predicted octanol–water partition coefficient (Wildman–Crippen LogP) is 4.79. The SMILES string of the molecule is CCCN(CCC)C(=O)c1ccnc(Nc2cc(Cl)ccc2Cl)n1. The first-order chi connectivity index (χ1) is 11.5. The second kappa shape index (κ2) is 8.85. The topological polar surface area (TPSA) is 58.1 Å². The van der Waals surface area contributed by atoms with Crippen LogP contribution in [0.15, 0.2) is 30.5 Å². The number of hydrogen-bond acceptors (Lipinski definition) is 4. The lowest BCUT2D eigenvalue weighted by Crippen LogP contribution is -2.33. The van der Waals surface area contributed by atoms with Gasteiger partial charge in [-0.05, 0) is 37.1 Å². The maximum absolute atomic E-state index is 12.6. The van der Waals surface area contributed by atoms with Gasteiger partial charge in [-0.3, -0.25) is 4.79 Å². The van der Waals surface area contributed by atoms with E-state index in [1.54, 1.807) is 35.4 Å². The summed E-state index contributed by atoms with van der Waals surface area (Å²) in [5, 5.41) is 4.05. The van der Waals surface area contributed by atoms with E-state index in [0.29, 0.717) is 40.5 Å². The molecule has 0 radical (unpaired) electrons. The molecule has 1 amide bonds. The number of nitrogens with one attached hydrogen (secondary N) is 1. The summed E-state index contributed by atoms with van der Waals surface area (Å²) in [6.07, 6.45) is 3.36. The summed E-state index contributed by atoms with van der Waals surface area (Å²) in [6.45, 7) is 5.51. The molecule has 0 aliphatic carbocycles. The fourth-order valence-corrected chi connectivity index (χ4v) is 2.61. The highest BCUT2D eigenvalue weighted by molar-refractivity contribution is 6.35. The minimum absolute atomic E-state index is 0.0960. The fraction of sp³-hybridized carbons (Fsp3) is 0.353. The van der Waals surface area contributed by atoms with E-state index >= 15 is 0 Å². The molecule has 2 rings (SSSR count). The zero-order valence-electron chi connectivity index (χ0n) is 13.7. The molecular weight excluding hydrogens is 347 g/mol. The zero-order chi connectivity index (χ0) is 17.5. The molecule has 5 nitrogen and oxygen atoms in total. The Morgan fingerprint density at radius 2 is 1.88 bits per heavy atom. The molecule has 1 aromatic carbocycles. The molecule has 0 saturated carbocycles. The smallest absolute Gasteiger partial charge is 0.272 e. The first-order valence-corrected chi connectivity index (χ1v) is 8.65. The van der Waals surface area contributed by atoms with E-state index < -0.39 is 0 Å². The predicted molar refractivity (Wildman–Crippen MR) is 98.3 cm³/mol. The molecule has 0 spiro atoms. The largest absolute Gasteiger partial charge is 0.337 e. The van der Waals surface area contributed by atoms with Crippen LogP contribution in [0.1, 0.15) is 37.2 Å². The number of hydrogen-bond donors (Lipinski definition) is 1. The third kappa shape index (κ3) is 4.82. The van der Waals surface area contributed by atoms with Gasteiger partial charge in [-0.2, -0.15) is 0 Å². The van der Waals surface area contributed by atoms with Gasteiger partial charge in [-0.25, -0.2) is 9.97 Å². The first-order valence-electron chi connectivity index (χ1n) is 7.89. The van der Waals surface area contributed by atoms with Gasteiger partial charge >= 0.3 is 0 Å². The van der Waals surface area contributed by atoms with Crippen LogP contribution in [0.2, 0.25) is 10.0 Å². The molecule has 1 aromatic heterocycles. The van der Waals surface area contributed by atoms with E-state index in [2.05, 4.69) is 15.3 Å². The van der Waals surface area contributed by atoms with Gasteiger partial charge in [0.05, 0.1) is 10.7 Å². The molecule has 0 saturated heterocycles. The van der Waals surface area contributed by atoms with Gasteiger partial charge in [0.1, 0.15) is 5.69 Å². The molecular formula is C17H20Cl2N4O. The number of nitrogens with zero attached hydrogens (tertiary/aromatic N) is 3. The second-order valence-electron chi connectivity index (χ2n) is 5.31. The molecule has 0 bridgehead atoms. The van der Waals surface area contributed by atoms with Crippen LogP contribution >= 0.6 is 23.2 Å². The molecule has 0 atom stereocenters. The average Bonchev–Trinajstić information content (AvgIpc) is 2.57. The third-order valence-corrected chi connectivity index (χ3v) is 3.89. The Kier molecular flexibility index (Phi) is 6.82. The minimum atomic E-state index is -0.0960. The van der Waals surface area contributed by atoms with Crippen molar-refractivity contribution in [2.75, 3.05) is 18.4 Å². The minimum Gasteiger partial charge on any atom is -0.337 e. The summed E-state index contributed by atoms with van der Waals surface area (Å²) in [6, 6.07) is 6.68. The summed E-state index contributed by atoms with van der Waals surface area (Å²) < 4.78 is 0. The number of rotatable bonds is 7. The van der Waals surface area contributed by atoms with Crippen LogP contribution in [0.3, 0.4) is 0 Å². The van der Waals surface area contributed by atoms with Crippen LogP contribution in [0.5, 0.6) is 0 Å². The Labute approximate surface area is 152 Å². The number of aromatic nitrogens is 2. The molecule has 0 fully saturated rings. The molecule has 24 heavy (non-hydrogen) atoms. The summed E-state index contributed by atoms with van der Waals surface area (Å²) in [5.74, 6) is 0.208. The van der Waals surface area contributed by atoms with E-state index in [0.717, 1.165) is 12.8 Å². The number of halogens is 2. The van der Waals surface area contributed by atoms with E-state index in [4.69, 9.17) is 23.2 Å². The maximum atomic E-state index is 12.6. The highest BCUT2D eigenvalue weighted by atomic mass is 35.5. The van der Waals surface area contributed by atoms with E-state index in [1.807, 2.05) is 13.8 Å². The Balaban J connectivity index is 2.21. The van der Waals surface area contributed by atoms with Gasteiger partial charge < -0.3 is 10.2 Å². The Morgan fingerprint density at radius 3 is 2.54 bits per heavy atom. The first kappa shape index (κ1) is 18.5. The quantitative estimate of drug-likeness (QED) is 0.765. The van der Waals surface area contributed by atoms with Gasteiger partial charge in [-0.15, -0.1) is 0 Å². The normalized spacial score (nSPS) is 10.5. The van der Waals surface area contributed by atoms with Crippen LogP contribution in [-0.2, 0) is 0 Å². The van der Waals surface area contributed by atoms with Crippen LogP contribution in [0, 0.1) is 0 Å². The van der Waals surface area contributed by atoms with Gasteiger partial charge in [-0.1, -0.05) is 37.0 Å². The van der Waals surface area contributed by atoms with Crippen molar-refractivity contribution in [1.29, 1.82) is 0 Å². The van der Waals surface area contributed by atoms with Crippen molar-refractivity contribution in [3.63, 3.8) is 0 Å². The molecule has 7 heteroatoms. The van der Waals surface area contributed by atoms with Crippen LogP contribution in [-0.4, -0.2) is 33.9 Å². The molecule has 1 heterocycles. The number of benzene rings is 1. The van der Waals surface area contributed by atoms with Crippen molar-refractivity contribution in [3.8, 4) is 0 Å². The molecule has 128 valence electrons. The van der Waals surface area contributed by atoms with Crippen molar-refractivity contribution < 1.29 is 4.79 Å². The number of carbonyl (C=O) groups excluding carboxylic acids is 1.